The van der Waals surface area contributed by atoms with E-state index in [1.54, 1.807) is 0 Å². The molecule has 1 aromatic rings. The lowest BCUT2D eigenvalue weighted by Gasteiger charge is -2.31. The average Bonchev–Trinajstić information content (AvgIpc) is 2.23. The van der Waals surface area contributed by atoms with Gasteiger partial charge in [-0.05, 0) is 31.0 Å². The Morgan fingerprint density at radius 2 is 1.84 bits per heavy atom. The molecule has 1 aromatic carbocycles. The van der Waals surface area contributed by atoms with E-state index in [4.69, 9.17) is 5.11 Å². The lowest BCUT2D eigenvalue weighted by atomic mass is 9.96. The Kier molecular flexibility index (Phi) is 3.70. The van der Waals surface area contributed by atoms with E-state index in [0.29, 0.717) is 0 Å². The molecular formula is C11H10BrF3O3S. The van der Waals surface area contributed by atoms with Crippen LogP contribution >= 0.6 is 15.9 Å². The summed E-state index contributed by atoms with van der Waals surface area (Å²) in [5, 5.41) is 8.17. The van der Waals surface area contributed by atoms with Crippen molar-refractivity contribution in [3.05, 3.63) is 28.2 Å². The largest absolute Gasteiger partial charge is 0.417 e. The van der Waals surface area contributed by atoms with Gasteiger partial charge in [0.15, 0.2) is 9.84 Å². The lowest BCUT2D eigenvalue weighted by molar-refractivity contribution is -0.139. The van der Waals surface area contributed by atoms with Crippen LogP contribution in [0.15, 0.2) is 27.6 Å². The van der Waals surface area contributed by atoms with E-state index in [2.05, 4.69) is 15.9 Å². The number of benzene rings is 1. The maximum Gasteiger partial charge on any atom is 0.417 e. The van der Waals surface area contributed by atoms with E-state index in [-0.39, 0.29) is 17.3 Å². The number of alkyl halides is 3. The number of rotatable bonds is 2. The van der Waals surface area contributed by atoms with Crippen LogP contribution in [0.1, 0.15) is 18.4 Å². The molecule has 1 aliphatic carbocycles. The topological polar surface area (TPSA) is 54.4 Å². The second-order valence-electron chi connectivity index (χ2n) is 4.43. The van der Waals surface area contributed by atoms with Crippen LogP contribution in [0.25, 0.3) is 0 Å². The molecule has 1 fully saturated rings. The molecule has 0 atom stereocenters. The number of aliphatic hydroxyl groups excluding tert-OH is 1. The minimum atomic E-state index is -4.73. The fourth-order valence-corrected chi connectivity index (χ4v) is 4.54. The zero-order chi connectivity index (χ0) is 14.4. The number of hydrogen-bond donors (Lipinski definition) is 1. The smallest absolute Gasteiger partial charge is 0.393 e. The third-order valence-electron chi connectivity index (χ3n) is 3.06. The number of hydrogen-bond acceptors (Lipinski definition) is 3. The number of halogens is 4. The summed E-state index contributed by atoms with van der Waals surface area (Å²) in [6.45, 7) is 0. The monoisotopic (exact) mass is 358 g/mol. The summed E-state index contributed by atoms with van der Waals surface area (Å²) in [6, 6.07) is 2.85. The minimum Gasteiger partial charge on any atom is -0.393 e. The molecule has 0 aliphatic heterocycles. The normalized spacial score (nSPS) is 24.1. The molecule has 1 N–H and O–H groups in total. The molecule has 0 bridgehead atoms. The lowest BCUT2D eigenvalue weighted by Crippen LogP contribution is -2.40. The molecule has 8 heteroatoms. The van der Waals surface area contributed by atoms with Gasteiger partial charge >= 0.3 is 6.18 Å². The molecule has 19 heavy (non-hydrogen) atoms. The van der Waals surface area contributed by atoms with E-state index in [9.17, 15) is 21.6 Å². The summed E-state index contributed by atoms with van der Waals surface area (Å²) in [6.07, 6.45) is -5.52. The maximum atomic E-state index is 12.8. The number of aliphatic hydroxyl groups is 1. The van der Waals surface area contributed by atoms with Crippen molar-refractivity contribution >= 4 is 25.8 Å². The highest BCUT2D eigenvalue weighted by molar-refractivity contribution is 9.10. The van der Waals surface area contributed by atoms with Gasteiger partial charge in [-0.15, -0.1) is 0 Å². The summed E-state index contributed by atoms with van der Waals surface area (Å²) in [7, 11) is -4.08. The predicted octanol–water partition coefficient (Wildman–Crippen LogP) is 2.76. The van der Waals surface area contributed by atoms with Crippen LogP contribution in [-0.2, 0) is 16.0 Å². The molecule has 1 saturated carbocycles. The third-order valence-corrected chi connectivity index (χ3v) is 5.77. The molecule has 2 rings (SSSR count). The van der Waals surface area contributed by atoms with Crippen molar-refractivity contribution < 1.29 is 26.7 Å². The first-order valence-electron chi connectivity index (χ1n) is 5.41. The van der Waals surface area contributed by atoms with Gasteiger partial charge in [0.25, 0.3) is 0 Å². The summed E-state index contributed by atoms with van der Waals surface area (Å²) in [5.74, 6) is 0. The van der Waals surface area contributed by atoms with Gasteiger partial charge in [0.05, 0.1) is 21.8 Å². The van der Waals surface area contributed by atoms with Gasteiger partial charge in [-0.1, -0.05) is 15.9 Å². The molecule has 0 saturated heterocycles. The van der Waals surface area contributed by atoms with Gasteiger partial charge in [-0.2, -0.15) is 13.2 Å². The van der Waals surface area contributed by atoms with Crippen molar-refractivity contribution in [1.82, 2.24) is 0 Å². The van der Waals surface area contributed by atoms with E-state index in [0.717, 1.165) is 18.2 Å². The third kappa shape index (κ3) is 2.80. The van der Waals surface area contributed by atoms with Crippen LogP contribution in [-0.4, -0.2) is 24.9 Å². The molecule has 3 nitrogen and oxygen atoms in total. The fourth-order valence-electron chi connectivity index (χ4n) is 1.94. The maximum absolute atomic E-state index is 12.8. The molecule has 0 unspecified atom stereocenters. The number of sulfone groups is 1. The van der Waals surface area contributed by atoms with Crippen LogP contribution in [0.3, 0.4) is 0 Å². The zero-order valence-electron chi connectivity index (χ0n) is 9.48. The van der Waals surface area contributed by atoms with Gasteiger partial charge < -0.3 is 5.11 Å². The van der Waals surface area contributed by atoms with Crippen molar-refractivity contribution in [1.29, 1.82) is 0 Å². The molecule has 106 valence electrons. The van der Waals surface area contributed by atoms with Crippen LogP contribution in [0.4, 0.5) is 13.2 Å². The Morgan fingerprint density at radius 1 is 1.26 bits per heavy atom. The molecule has 0 radical (unpaired) electrons. The summed E-state index contributed by atoms with van der Waals surface area (Å²) >= 11 is 2.98. The standard InChI is InChI=1S/C11H10BrF3O3S/c12-6-1-2-9(11(13,14)15)10(3-6)19(17,18)8-4-7(16)5-8/h1-3,7-8,16H,4-5H2/t7-,8-. The zero-order valence-corrected chi connectivity index (χ0v) is 11.9. The average molecular weight is 359 g/mol. The first-order chi connectivity index (χ1) is 8.62. The van der Waals surface area contributed by atoms with Gasteiger partial charge in [-0.3, -0.25) is 0 Å². The van der Waals surface area contributed by atoms with Gasteiger partial charge in [0.1, 0.15) is 0 Å². The molecule has 0 spiro atoms. The first kappa shape index (κ1) is 14.8. The Balaban J connectivity index is 2.52. The second-order valence-corrected chi connectivity index (χ2v) is 7.54. The van der Waals surface area contributed by atoms with Crippen LogP contribution in [0, 0.1) is 0 Å². The molecule has 0 aromatic heterocycles. The Hall–Kier alpha value is -0.600. The molecule has 0 heterocycles. The quantitative estimate of drug-likeness (QED) is 0.884. The van der Waals surface area contributed by atoms with E-state index in [1.807, 2.05) is 0 Å². The van der Waals surface area contributed by atoms with Gasteiger partial charge in [0.2, 0.25) is 0 Å². The van der Waals surface area contributed by atoms with Crippen molar-refractivity contribution in [2.45, 2.75) is 35.3 Å². The summed E-state index contributed by atoms with van der Waals surface area (Å²) in [5.41, 5.74) is -1.17. The van der Waals surface area contributed by atoms with E-state index >= 15 is 0 Å². The molecular weight excluding hydrogens is 349 g/mol. The van der Waals surface area contributed by atoms with Crippen molar-refractivity contribution in [3.8, 4) is 0 Å². The highest BCUT2D eigenvalue weighted by Crippen LogP contribution is 2.40. The molecule has 1 aliphatic rings. The van der Waals surface area contributed by atoms with Crippen molar-refractivity contribution in [2.24, 2.45) is 0 Å². The van der Waals surface area contributed by atoms with Crippen LogP contribution < -0.4 is 0 Å². The van der Waals surface area contributed by atoms with E-state index in [1.165, 1.54) is 0 Å². The van der Waals surface area contributed by atoms with Gasteiger partial charge in [-0.25, -0.2) is 8.42 Å². The van der Waals surface area contributed by atoms with E-state index < -0.39 is 37.8 Å². The Morgan fingerprint density at radius 3 is 2.32 bits per heavy atom. The minimum absolute atomic E-state index is 0.0217. The summed E-state index contributed by atoms with van der Waals surface area (Å²) in [4.78, 5) is -0.730. The Bertz CT molecular complexity index is 592. The van der Waals surface area contributed by atoms with Crippen molar-refractivity contribution in [3.63, 3.8) is 0 Å². The van der Waals surface area contributed by atoms with Crippen LogP contribution in [0.2, 0.25) is 0 Å². The highest BCUT2D eigenvalue weighted by atomic mass is 79.9. The van der Waals surface area contributed by atoms with Crippen LogP contribution in [0.5, 0.6) is 0 Å². The molecule has 0 amide bonds. The van der Waals surface area contributed by atoms with Crippen molar-refractivity contribution in [2.75, 3.05) is 0 Å². The first-order valence-corrected chi connectivity index (χ1v) is 7.75. The highest BCUT2D eigenvalue weighted by Gasteiger charge is 2.43. The van der Waals surface area contributed by atoms with Gasteiger partial charge in [0, 0.05) is 4.47 Å². The SMILES string of the molecule is O=S(=O)(c1cc(Br)ccc1C(F)(F)F)[C@H]1C[C@H](O)C1. The summed E-state index contributed by atoms with van der Waals surface area (Å²) < 4.78 is 63.1. The predicted molar refractivity (Wildman–Crippen MR) is 65.4 cm³/mol. The Labute approximate surface area is 116 Å². The fraction of sp³-hybridized carbons (Fsp3) is 0.455. The second kappa shape index (κ2) is 4.75.